The topological polar surface area (TPSA) is 228 Å². The van der Waals surface area contributed by atoms with Crippen molar-refractivity contribution in [2.45, 2.75) is 286 Å². The lowest BCUT2D eigenvalue weighted by Crippen LogP contribution is -2.65. The second-order valence-corrected chi connectivity index (χ2v) is 22.2. The molecule has 12 unspecified atom stereocenters. The van der Waals surface area contributed by atoms with E-state index in [2.05, 4.69) is 129 Å². The molecule has 9 N–H and O–H groups in total. The summed E-state index contributed by atoms with van der Waals surface area (Å²) in [6.45, 7) is 2.61. The molecule has 83 heavy (non-hydrogen) atoms. The molecule has 2 aliphatic heterocycles. The molecule has 14 nitrogen and oxygen atoms in total. The molecule has 2 heterocycles. The van der Waals surface area contributed by atoms with Crippen LogP contribution in [0.1, 0.15) is 213 Å². The van der Waals surface area contributed by atoms with Crippen molar-refractivity contribution in [2.24, 2.45) is 0 Å². The van der Waals surface area contributed by atoms with Gasteiger partial charge in [0, 0.05) is 6.42 Å². The highest BCUT2D eigenvalue weighted by Crippen LogP contribution is 2.30. The first-order chi connectivity index (χ1) is 40.6. The van der Waals surface area contributed by atoms with Gasteiger partial charge in [-0.15, -0.1) is 0 Å². The van der Waals surface area contributed by atoms with Crippen molar-refractivity contribution in [1.82, 2.24) is 5.32 Å². The van der Waals surface area contributed by atoms with Crippen LogP contribution in [0.25, 0.3) is 0 Å². The van der Waals surface area contributed by atoms with Crippen LogP contribution in [0.2, 0.25) is 0 Å². The molecule has 0 bridgehead atoms. The van der Waals surface area contributed by atoms with E-state index in [-0.39, 0.29) is 18.9 Å². The van der Waals surface area contributed by atoms with E-state index in [4.69, 9.17) is 18.9 Å². The van der Waals surface area contributed by atoms with Crippen LogP contribution in [0.3, 0.4) is 0 Å². The molecule has 2 rings (SSSR count). The number of unbranched alkanes of at least 4 members (excludes halogenated alkanes) is 19. The number of amides is 1. The number of hydrogen-bond donors (Lipinski definition) is 9. The smallest absolute Gasteiger partial charge is 0.220 e. The number of hydrogen-bond acceptors (Lipinski definition) is 13. The van der Waals surface area contributed by atoms with Crippen molar-refractivity contribution in [3.63, 3.8) is 0 Å². The molecular weight excluding hydrogens is 1050 g/mol. The first-order valence-corrected chi connectivity index (χ1v) is 32.3. The molecular formula is C69H115NO13. The largest absolute Gasteiger partial charge is 0.394 e. The lowest BCUT2D eigenvalue weighted by atomic mass is 9.97. The number of rotatable bonds is 50. The molecule has 0 aliphatic carbocycles. The van der Waals surface area contributed by atoms with Crippen molar-refractivity contribution in [2.75, 3.05) is 19.8 Å². The van der Waals surface area contributed by atoms with E-state index in [9.17, 15) is 45.6 Å². The fraction of sp³-hybridized carbons (Fsp3) is 0.696. The average Bonchev–Trinajstić information content (AvgIpc) is 3.45. The predicted molar refractivity (Wildman–Crippen MR) is 336 cm³/mol. The number of nitrogens with one attached hydrogen (secondary N) is 1. The second kappa shape index (κ2) is 52.7. The maximum absolute atomic E-state index is 13.2. The van der Waals surface area contributed by atoms with E-state index in [0.717, 1.165) is 109 Å². The normalized spacial score (nSPS) is 24.7. The third-order valence-corrected chi connectivity index (χ3v) is 14.9. The van der Waals surface area contributed by atoms with Gasteiger partial charge >= 0.3 is 0 Å². The lowest BCUT2D eigenvalue weighted by Gasteiger charge is -2.46. The van der Waals surface area contributed by atoms with Gasteiger partial charge in [-0.1, -0.05) is 238 Å². The van der Waals surface area contributed by atoms with Crippen LogP contribution in [-0.2, 0) is 23.7 Å². The summed E-state index contributed by atoms with van der Waals surface area (Å²) in [5.74, 6) is -0.249. The quantitative estimate of drug-likeness (QED) is 0.0204. The van der Waals surface area contributed by atoms with Gasteiger partial charge in [0.2, 0.25) is 5.91 Å². The third kappa shape index (κ3) is 37.5. The molecule has 2 saturated heterocycles. The number of carbonyl (C=O) groups is 1. The zero-order chi connectivity index (χ0) is 60.2. The van der Waals surface area contributed by atoms with E-state index in [1.165, 1.54) is 77.0 Å². The third-order valence-electron chi connectivity index (χ3n) is 14.9. The van der Waals surface area contributed by atoms with Crippen LogP contribution in [0.5, 0.6) is 0 Å². The maximum Gasteiger partial charge on any atom is 0.220 e. The van der Waals surface area contributed by atoms with Gasteiger partial charge in [0.05, 0.1) is 32.0 Å². The van der Waals surface area contributed by atoms with Crippen LogP contribution in [0.15, 0.2) is 122 Å². The molecule has 2 fully saturated rings. The maximum atomic E-state index is 13.2. The van der Waals surface area contributed by atoms with E-state index >= 15 is 0 Å². The van der Waals surface area contributed by atoms with Crippen LogP contribution in [0, 0.1) is 0 Å². The zero-order valence-electron chi connectivity index (χ0n) is 51.1. The highest BCUT2D eigenvalue weighted by molar-refractivity contribution is 5.76. The van der Waals surface area contributed by atoms with Crippen LogP contribution >= 0.6 is 0 Å². The standard InChI is InChI=1S/C69H115NO13/c1-3-5-7-9-11-13-14-15-16-17-18-19-20-21-22-23-24-25-26-27-28-29-30-31-32-33-34-35-36-37-38-39-40-41-42-43-44-45-47-49-51-53-61(74)70-57(58(73)52-50-48-46-12-10-8-6-4-2)56-80-68-66(79)64(77)67(60(55-72)82-68)83-69-65(78)63(76)62(75)59(54-71)81-69/h5,7,11,13,15-16,18-19,21-22,24-25,27-28,30-31,33-34,50,52,57-60,62-69,71-73,75-79H,3-4,6,8-10,12,14,17,20,23,26,29,32,35-49,51,53-56H2,1-2H3,(H,70,74)/b7-5-,13-11-,16-15-,19-18-,22-21-,25-24-,28-27-,31-30-,34-33-,52-50+. The fourth-order valence-electron chi connectivity index (χ4n) is 9.75. The van der Waals surface area contributed by atoms with Crippen molar-refractivity contribution in [1.29, 1.82) is 0 Å². The minimum atomic E-state index is -1.79. The molecule has 12 atom stereocenters. The Balaban J connectivity index is 1.55. The molecule has 0 aromatic heterocycles. The van der Waals surface area contributed by atoms with Gasteiger partial charge in [-0.3, -0.25) is 4.79 Å². The van der Waals surface area contributed by atoms with Gasteiger partial charge in [-0.2, -0.15) is 0 Å². The van der Waals surface area contributed by atoms with Crippen molar-refractivity contribution in [3.05, 3.63) is 122 Å². The molecule has 0 aromatic carbocycles. The Morgan fingerprint density at radius 1 is 0.446 bits per heavy atom. The van der Waals surface area contributed by atoms with Crippen LogP contribution in [0.4, 0.5) is 0 Å². The molecule has 2 aliphatic rings. The Bertz CT molecular complexity index is 1850. The molecule has 0 saturated carbocycles. The summed E-state index contributed by atoms with van der Waals surface area (Å²) in [6.07, 6.45) is 60.1. The Morgan fingerprint density at radius 2 is 0.831 bits per heavy atom. The molecule has 474 valence electrons. The minimum Gasteiger partial charge on any atom is -0.394 e. The highest BCUT2D eigenvalue weighted by Gasteiger charge is 2.51. The molecule has 0 radical (unpaired) electrons. The fourth-order valence-corrected chi connectivity index (χ4v) is 9.75. The molecule has 0 aromatic rings. The number of ether oxygens (including phenoxy) is 4. The van der Waals surface area contributed by atoms with Crippen molar-refractivity contribution < 1.29 is 64.6 Å². The summed E-state index contributed by atoms with van der Waals surface area (Å²) in [6, 6.07) is -0.919. The number of carbonyl (C=O) groups excluding carboxylic acids is 1. The molecule has 1 amide bonds. The number of aliphatic hydroxyl groups excluding tert-OH is 8. The highest BCUT2D eigenvalue weighted by atomic mass is 16.7. The first kappa shape index (κ1) is 75.5. The number of allylic oxidation sites excluding steroid dienone is 19. The number of aliphatic hydroxyl groups is 8. The van der Waals surface area contributed by atoms with Gasteiger partial charge in [0.1, 0.15) is 48.8 Å². The monoisotopic (exact) mass is 1170 g/mol. The second-order valence-electron chi connectivity index (χ2n) is 22.2. The van der Waals surface area contributed by atoms with E-state index in [1.54, 1.807) is 6.08 Å². The van der Waals surface area contributed by atoms with Crippen molar-refractivity contribution >= 4 is 5.91 Å². The molecule has 0 spiro atoms. The van der Waals surface area contributed by atoms with Gasteiger partial charge in [0.15, 0.2) is 12.6 Å². The van der Waals surface area contributed by atoms with Crippen LogP contribution in [-0.4, -0.2) is 140 Å². The van der Waals surface area contributed by atoms with E-state index in [1.807, 2.05) is 6.08 Å². The van der Waals surface area contributed by atoms with Crippen LogP contribution < -0.4 is 5.32 Å². The van der Waals surface area contributed by atoms with Gasteiger partial charge in [-0.25, -0.2) is 0 Å². The summed E-state index contributed by atoms with van der Waals surface area (Å²) in [4.78, 5) is 13.2. The molecule has 14 heteroatoms. The Kier molecular flexibility index (Phi) is 47.9. The minimum absolute atomic E-state index is 0.249. The Hall–Kier alpha value is -3.61. The summed E-state index contributed by atoms with van der Waals surface area (Å²) >= 11 is 0. The average molecular weight is 1170 g/mol. The van der Waals surface area contributed by atoms with E-state index < -0.39 is 86.8 Å². The van der Waals surface area contributed by atoms with E-state index in [0.29, 0.717) is 6.42 Å². The lowest BCUT2D eigenvalue weighted by molar-refractivity contribution is -0.359. The van der Waals surface area contributed by atoms with Gasteiger partial charge in [0.25, 0.3) is 0 Å². The van der Waals surface area contributed by atoms with Gasteiger partial charge < -0.3 is 65.1 Å². The summed E-state index contributed by atoms with van der Waals surface area (Å²) in [5.41, 5.74) is 0. The summed E-state index contributed by atoms with van der Waals surface area (Å²) < 4.78 is 22.7. The summed E-state index contributed by atoms with van der Waals surface area (Å²) in [5, 5.41) is 86.8. The van der Waals surface area contributed by atoms with Gasteiger partial charge in [-0.05, 0) is 89.9 Å². The zero-order valence-corrected chi connectivity index (χ0v) is 51.1. The first-order valence-electron chi connectivity index (χ1n) is 32.3. The summed E-state index contributed by atoms with van der Waals surface area (Å²) in [7, 11) is 0. The Labute approximate surface area is 501 Å². The van der Waals surface area contributed by atoms with Crippen molar-refractivity contribution in [3.8, 4) is 0 Å². The predicted octanol–water partition coefficient (Wildman–Crippen LogP) is 12.2. The SMILES string of the molecule is CC/C=C\C/C=C\C/C=C\C/C=C\C/C=C\C/C=C\C/C=C\C/C=C\C/C=C\CCCCCCCCCCCCCCCC(=O)NC(COC1OC(CO)C(OC2OC(CO)C(O)C(O)C2O)C(O)C1O)C(O)/C=C/CCCCCCCC. The Morgan fingerprint density at radius 3 is 1.28 bits per heavy atom.